The molecule has 0 aliphatic carbocycles. The van der Waals surface area contributed by atoms with Crippen LogP contribution in [-0.2, 0) is 9.59 Å². The lowest BCUT2D eigenvalue weighted by Gasteiger charge is -2.26. The Morgan fingerprint density at radius 2 is 1.78 bits per heavy atom. The topological polar surface area (TPSA) is 66.6 Å². The number of hydrogen-bond donors (Lipinski definition) is 1. The molecule has 0 saturated heterocycles. The quantitative estimate of drug-likeness (QED) is 0.775. The van der Waals surface area contributed by atoms with Gasteiger partial charge in [0.05, 0.1) is 6.04 Å². The fourth-order valence-electron chi connectivity index (χ4n) is 1.14. The van der Waals surface area contributed by atoms with Crippen molar-refractivity contribution in [1.82, 2.24) is 9.80 Å². The zero-order chi connectivity index (χ0) is 14.5. The van der Waals surface area contributed by atoms with Gasteiger partial charge >= 0.3 is 6.18 Å². The summed E-state index contributed by atoms with van der Waals surface area (Å²) in [4.78, 5) is 24.6. The number of nitrogens with two attached hydrogens (primary N) is 1. The summed E-state index contributed by atoms with van der Waals surface area (Å²) in [5.74, 6) is -1.46. The van der Waals surface area contributed by atoms with Crippen LogP contribution in [0.15, 0.2) is 0 Å². The van der Waals surface area contributed by atoms with Gasteiger partial charge in [0.25, 0.3) is 0 Å². The van der Waals surface area contributed by atoms with Crippen molar-refractivity contribution >= 4 is 11.8 Å². The lowest BCUT2D eigenvalue weighted by molar-refractivity contribution is -0.164. The molecule has 106 valence electrons. The third kappa shape index (κ3) is 5.85. The molecule has 0 rings (SSSR count). The number of amides is 2. The summed E-state index contributed by atoms with van der Waals surface area (Å²) in [6.45, 7) is -0.514. The van der Waals surface area contributed by atoms with Crippen LogP contribution in [0.25, 0.3) is 0 Å². The first kappa shape index (κ1) is 16.7. The van der Waals surface area contributed by atoms with Crippen molar-refractivity contribution < 1.29 is 22.8 Å². The van der Waals surface area contributed by atoms with Crippen molar-refractivity contribution in [3.8, 4) is 0 Å². The average molecular weight is 269 g/mol. The molecule has 0 unspecified atom stereocenters. The normalized spacial score (nSPS) is 13.1. The van der Waals surface area contributed by atoms with E-state index in [-0.39, 0.29) is 6.42 Å². The van der Waals surface area contributed by atoms with E-state index in [1.807, 2.05) is 0 Å². The third-order valence-electron chi connectivity index (χ3n) is 2.26. The number of carbonyl (C=O) groups excluding carboxylic acids is 2. The summed E-state index contributed by atoms with van der Waals surface area (Å²) >= 11 is 0. The Hall–Kier alpha value is -1.31. The zero-order valence-electron chi connectivity index (χ0n) is 10.6. The Balaban J connectivity index is 4.83. The Labute approximate surface area is 104 Å². The SMILES string of the molecule is CC[C@H](N)C(=O)N(CC(=O)N(C)C)CC(F)(F)F. The lowest BCUT2D eigenvalue weighted by atomic mass is 10.2. The second kappa shape index (κ2) is 6.58. The van der Waals surface area contributed by atoms with Gasteiger partial charge in [-0.15, -0.1) is 0 Å². The molecule has 0 saturated carbocycles. The molecule has 0 radical (unpaired) electrons. The van der Waals surface area contributed by atoms with Crippen LogP contribution in [0.3, 0.4) is 0 Å². The maximum Gasteiger partial charge on any atom is 0.406 e. The van der Waals surface area contributed by atoms with Crippen molar-refractivity contribution in [2.45, 2.75) is 25.6 Å². The average Bonchev–Trinajstić information content (AvgIpc) is 2.23. The Bertz CT molecular complexity index is 305. The van der Waals surface area contributed by atoms with Crippen molar-refractivity contribution in [2.24, 2.45) is 5.73 Å². The van der Waals surface area contributed by atoms with Gasteiger partial charge < -0.3 is 15.5 Å². The molecule has 5 nitrogen and oxygen atoms in total. The van der Waals surface area contributed by atoms with Gasteiger partial charge in [0.15, 0.2) is 0 Å². The van der Waals surface area contributed by atoms with E-state index in [1.54, 1.807) is 6.92 Å². The highest BCUT2D eigenvalue weighted by Crippen LogP contribution is 2.17. The van der Waals surface area contributed by atoms with Crippen molar-refractivity contribution in [3.05, 3.63) is 0 Å². The van der Waals surface area contributed by atoms with E-state index in [4.69, 9.17) is 5.73 Å². The first-order valence-corrected chi connectivity index (χ1v) is 5.39. The van der Waals surface area contributed by atoms with E-state index in [0.717, 1.165) is 4.90 Å². The third-order valence-corrected chi connectivity index (χ3v) is 2.26. The van der Waals surface area contributed by atoms with Crippen LogP contribution in [0.4, 0.5) is 13.2 Å². The van der Waals surface area contributed by atoms with E-state index in [9.17, 15) is 22.8 Å². The van der Waals surface area contributed by atoms with Gasteiger partial charge in [-0.2, -0.15) is 13.2 Å². The van der Waals surface area contributed by atoms with Gasteiger partial charge in [0.1, 0.15) is 13.1 Å². The van der Waals surface area contributed by atoms with Crippen LogP contribution in [-0.4, -0.2) is 61.0 Å². The van der Waals surface area contributed by atoms with Crippen LogP contribution < -0.4 is 5.73 Å². The fraction of sp³-hybridized carbons (Fsp3) is 0.800. The highest BCUT2D eigenvalue weighted by atomic mass is 19.4. The predicted molar refractivity (Wildman–Crippen MR) is 59.6 cm³/mol. The number of alkyl halides is 3. The predicted octanol–water partition coefficient (Wildman–Crippen LogP) is 0.203. The van der Waals surface area contributed by atoms with E-state index in [2.05, 4.69) is 0 Å². The Morgan fingerprint density at radius 1 is 1.28 bits per heavy atom. The number of carbonyl (C=O) groups is 2. The second-order valence-corrected chi connectivity index (χ2v) is 4.11. The molecule has 0 aliphatic rings. The molecule has 1 atom stereocenters. The van der Waals surface area contributed by atoms with Gasteiger partial charge in [-0.3, -0.25) is 9.59 Å². The minimum Gasteiger partial charge on any atom is -0.347 e. The Morgan fingerprint density at radius 3 is 2.11 bits per heavy atom. The first-order chi connectivity index (χ1) is 8.08. The standard InChI is InChI=1S/C10H18F3N3O2/c1-4-7(14)9(18)16(6-10(11,12)13)5-8(17)15(2)3/h7H,4-6,14H2,1-3H3/t7-/m0/s1. The highest BCUT2D eigenvalue weighted by Gasteiger charge is 2.35. The fourth-order valence-corrected chi connectivity index (χ4v) is 1.14. The highest BCUT2D eigenvalue weighted by molar-refractivity contribution is 5.87. The molecule has 0 aromatic heterocycles. The first-order valence-electron chi connectivity index (χ1n) is 5.39. The van der Waals surface area contributed by atoms with Crippen LogP contribution in [0.5, 0.6) is 0 Å². The monoisotopic (exact) mass is 269 g/mol. The van der Waals surface area contributed by atoms with Crippen LogP contribution in [0.1, 0.15) is 13.3 Å². The summed E-state index contributed by atoms with van der Waals surface area (Å²) in [5.41, 5.74) is 5.40. The molecule has 0 bridgehead atoms. The number of halogens is 3. The Kier molecular flexibility index (Phi) is 6.10. The van der Waals surface area contributed by atoms with E-state index >= 15 is 0 Å². The van der Waals surface area contributed by atoms with Crippen molar-refractivity contribution in [3.63, 3.8) is 0 Å². The minimum atomic E-state index is -4.56. The number of likely N-dealkylation sites (N-methyl/N-ethyl adjacent to an activating group) is 1. The molecule has 8 heteroatoms. The van der Waals surface area contributed by atoms with Crippen molar-refractivity contribution in [1.29, 1.82) is 0 Å². The molecule has 0 fully saturated rings. The molecule has 0 aromatic carbocycles. The summed E-state index contributed by atoms with van der Waals surface area (Å²) < 4.78 is 37.0. The number of nitrogens with zero attached hydrogens (tertiary/aromatic N) is 2. The maximum atomic E-state index is 12.3. The maximum absolute atomic E-state index is 12.3. The smallest absolute Gasteiger partial charge is 0.347 e. The molecule has 0 spiro atoms. The molecular weight excluding hydrogens is 251 g/mol. The molecule has 0 aliphatic heterocycles. The van der Waals surface area contributed by atoms with Gasteiger partial charge in [0.2, 0.25) is 11.8 Å². The van der Waals surface area contributed by atoms with Crippen LogP contribution >= 0.6 is 0 Å². The van der Waals surface area contributed by atoms with Crippen LogP contribution in [0, 0.1) is 0 Å². The molecule has 2 amide bonds. The second-order valence-electron chi connectivity index (χ2n) is 4.11. The van der Waals surface area contributed by atoms with Crippen LogP contribution in [0.2, 0.25) is 0 Å². The molecule has 18 heavy (non-hydrogen) atoms. The van der Waals surface area contributed by atoms with E-state index in [1.165, 1.54) is 14.1 Å². The summed E-state index contributed by atoms with van der Waals surface area (Å²) in [7, 11) is 2.80. The van der Waals surface area contributed by atoms with Crippen molar-refractivity contribution in [2.75, 3.05) is 27.2 Å². The van der Waals surface area contributed by atoms with E-state index < -0.39 is 37.1 Å². The molecule has 2 N–H and O–H groups in total. The van der Waals surface area contributed by atoms with E-state index in [0.29, 0.717) is 4.90 Å². The molecule has 0 aromatic rings. The number of hydrogen-bond acceptors (Lipinski definition) is 3. The molecule has 0 heterocycles. The van der Waals surface area contributed by atoms with Gasteiger partial charge in [-0.05, 0) is 6.42 Å². The van der Waals surface area contributed by atoms with Gasteiger partial charge in [0, 0.05) is 14.1 Å². The summed E-state index contributed by atoms with van der Waals surface area (Å²) in [5, 5.41) is 0. The zero-order valence-corrected chi connectivity index (χ0v) is 10.6. The molecular formula is C10H18F3N3O2. The minimum absolute atomic E-state index is 0.212. The van der Waals surface area contributed by atoms with Gasteiger partial charge in [-0.1, -0.05) is 6.92 Å². The van der Waals surface area contributed by atoms with Gasteiger partial charge in [-0.25, -0.2) is 0 Å². The number of rotatable bonds is 5. The largest absolute Gasteiger partial charge is 0.406 e. The summed E-state index contributed by atoms with van der Waals surface area (Å²) in [6.07, 6.45) is -4.35. The lowest BCUT2D eigenvalue weighted by Crippen LogP contribution is -2.50. The summed E-state index contributed by atoms with van der Waals surface area (Å²) in [6, 6.07) is -1.03.